The summed E-state index contributed by atoms with van der Waals surface area (Å²) in [6.07, 6.45) is 2.46. The van der Waals surface area contributed by atoms with Crippen LogP contribution in [0.4, 0.5) is 8.78 Å². The highest BCUT2D eigenvalue weighted by molar-refractivity contribution is 6.02. The Bertz CT molecular complexity index is 1120. The molecule has 0 amide bonds. The molecule has 2 aromatic rings. The third kappa shape index (κ3) is 4.21. The number of benzene rings is 1. The molecule has 0 unspecified atom stereocenters. The number of carbonyl (C=O) groups excluding carboxylic acids is 3. The van der Waals surface area contributed by atoms with E-state index in [1.54, 1.807) is 6.92 Å². The van der Waals surface area contributed by atoms with Gasteiger partial charge in [0.05, 0.1) is 36.3 Å². The lowest BCUT2D eigenvalue weighted by molar-refractivity contribution is -0.157. The second-order valence-electron chi connectivity index (χ2n) is 7.15. The van der Waals surface area contributed by atoms with Crippen LogP contribution >= 0.6 is 0 Å². The van der Waals surface area contributed by atoms with Gasteiger partial charge >= 0.3 is 17.9 Å². The molecule has 8 nitrogen and oxygen atoms in total. The molecule has 1 aliphatic carbocycles. The van der Waals surface area contributed by atoms with E-state index in [-0.39, 0.29) is 36.9 Å². The monoisotopic (exact) mass is 451 g/mol. The standard InChI is InChI=1S/C22H23F2NO7/c1-4-30-20(27)13-10-25(11-7-8-11)18-12(19(13)26)9-14(23)15(17(18)24)16(21(28)31-5-2)22(29)32-6-3/h9-11,16H,4-8H2,1-3H3. The van der Waals surface area contributed by atoms with Crippen LogP contribution < -0.4 is 5.43 Å². The van der Waals surface area contributed by atoms with Crippen molar-refractivity contribution in [3.05, 3.63) is 45.2 Å². The van der Waals surface area contributed by atoms with Gasteiger partial charge in [0.2, 0.25) is 5.43 Å². The molecule has 0 spiro atoms. The van der Waals surface area contributed by atoms with Crippen LogP contribution in [0.15, 0.2) is 17.1 Å². The number of hydrogen-bond donors (Lipinski definition) is 0. The second kappa shape index (κ2) is 9.46. The van der Waals surface area contributed by atoms with Crippen molar-refractivity contribution < 1.29 is 37.4 Å². The van der Waals surface area contributed by atoms with Crippen LogP contribution in [0, 0.1) is 11.6 Å². The van der Waals surface area contributed by atoms with Gasteiger partial charge in [-0.3, -0.25) is 14.4 Å². The van der Waals surface area contributed by atoms with Crippen molar-refractivity contribution in [1.29, 1.82) is 0 Å². The highest BCUT2D eigenvalue weighted by Gasteiger charge is 2.39. The average Bonchev–Trinajstić information content (AvgIpc) is 3.57. The number of pyridine rings is 1. The van der Waals surface area contributed by atoms with Crippen molar-refractivity contribution in [1.82, 2.24) is 4.57 Å². The Balaban J connectivity index is 2.32. The van der Waals surface area contributed by atoms with Gasteiger partial charge in [0.25, 0.3) is 0 Å². The number of carbonyl (C=O) groups is 3. The van der Waals surface area contributed by atoms with E-state index in [0.29, 0.717) is 12.8 Å². The summed E-state index contributed by atoms with van der Waals surface area (Å²) in [7, 11) is 0. The first-order chi connectivity index (χ1) is 15.3. The molecule has 1 aliphatic rings. The maximum absolute atomic E-state index is 15.8. The smallest absolute Gasteiger partial charge is 0.343 e. The molecular weight excluding hydrogens is 428 g/mol. The van der Waals surface area contributed by atoms with Gasteiger partial charge in [-0.15, -0.1) is 0 Å². The van der Waals surface area contributed by atoms with E-state index in [0.717, 1.165) is 6.07 Å². The normalized spacial score (nSPS) is 13.3. The highest BCUT2D eigenvalue weighted by Crippen LogP contribution is 2.39. The van der Waals surface area contributed by atoms with Gasteiger partial charge in [-0.25, -0.2) is 13.6 Å². The molecular formula is C22H23F2NO7. The first-order valence-electron chi connectivity index (χ1n) is 10.3. The number of aromatic nitrogens is 1. The number of ether oxygens (including phenoxy) is 3. The first kappa shape index (κ1) is 23.4. The fourth-order valence-electron chi connectivity index (χ4n) is 3.50. The molecule has 32 heavy (non-hydrogen) atoms. The quantitative estimate of drug-likeness (QED) is 0.345. The number of nitrogens with zero attached hydrogens (tertiary/aromatic N) is 1. The minimum absolute atomic E-state index is 0.0160. The maximum atomic E-state index is 15.8. The topological polar surface area (TPSA) is 101 Å². The fourth-order valence-corrected chi connectivity index (χ4v) is 3.50. The fraction of sp³-hybridized carbons (Fsp3) is 0.455. The van der Waals surface area contributed by atoms with E-state index in [1.165, 1.54) is 24.6 Å². The van der Waals surface area contributed by atoms with Crippen LogP contribution in [0.25, 0.3) is 10.9 Å². The number of esters is 3. The van der Waals surface area contributed by atoms with Gasteiger partial charge in [0.1, 0.15) is 11.4 Å². The van der Waals surface area contributed by atoms with Crippen molar-refractivity contribution in [2.24, 2.45) is 0 Å². The minimum atomic E-state index is -2.01. The van der Waals surface area contributed by atoms with Crippen LogP contribution in [0.1, 0.15) is 61.5 Å². The van der Waals surface area contributed by atoms with Crippen molar-refractivity contribution in [2.45, 2.75) is 45.6 Å². The Morgan fingerprint density at radius 2 is 1.59 bits per heavy atom. The van der Waals surface area contributed by atoms with Crippen LogP contribution in [0.3, 0.4) is 0 Å². The summed E-state index contributed by atoms with van der Waals surface area (Å²) in [4.78, 5) is 49.9. The molecule has 0 atom stereocenters. The molecule has 1 fully saturated rings. The zero-order valence-corrected chi connectivity index (χ0v) is 17.9. The summed E-state index contributed by atoms with van der Waals surface area (Å²) in [5.74, 6) is -7.83. The van der Waals surface area contributed by atoms with E-state index in [4.69, 9.17) is 14.2 Å². The van der Waals surface area contributed by atoms with E-state index >= 15 is 8.78 Å². The Kier molecular flexibility index (Phi) is 6.90. The summed E-state index contributed by atoms with van der Waals surface area (Å²) < 4.78 is 46.8. The molecule has 0 radical (unpaired) electrons. The third-order valence-electron chi connectivity index (χ3n) is 5.01. The Labute approximate surface area is 182 Å². The summed E-state index contributed by atoms with van der Waals surface area (Å²) in [5.41, 5.74) is -2.44. The molecule has 0 N–H and O–H groups in total. The van der Waals surface area contributed by atoms with E-state index in [1.807, 2.05) is 0 Å². The minimum Gasteiger partial charge on any atom is -0.465 e. The molecule has 1 aromatic carbocycles. The van der Waals surface area contributed by atoms with Gasteiger partial charge in [-0.05, 0) is 39.7 Å². The van der Waals surface area contributed by atoms with Crippen molar-refractivity contribution in [2.75, 3.05) is 19.8 Å². The van der Waals surface area contributed by atoms with E-state index in [9.17, 15) is 19.2 Å². The summed E-state index contributed by atoms with van der Waals surface area (Å²) in [5, 5.41) is -0.396. The van der Waals surface area contributed by atoms with Gasteiger partial charge in [-0.2, -0.15) is 0 Å². The molecule has 1 heterocycles. The van der Waals surface area contributed by atoms with Crippen molar-refractivity contribution in [3.63, 3.8) is 0 Å². The average molecular weight is 451 g/mol. The van der Waals surface area contributed by atoms with Gasteiger partial charge < -0.3 is 18.8 Å². The Morgan fingerprint density at radius 3 is 2.09 bits per heavy atom. The molecule has 1 aromatic heterocycles. The van der Waals surface area contributed by atoms with Gasteiger partial charge in [-0.1, -0.05) is 0 Å². The third-order valence-corrected chi connectivity index (χ3v) is 5.01. The van der Waals surface area contributed by atoms with E-state index < -0.39 is 51.8 Å². The lowest BCUT2D eigenvalue weighted by Gasteiger charge is -2.19. The van der Waals surface area contributed by atoms with Crippen LogP contribution in [-0.2, 0) is 23.8 Å². The number of fused-ring (bicyclic) bond motifs is 1. The predicted octanol–water partition coefficient (Wildman–Crippen LogP) is 3.00. The highest BCUT2D eigenvalue weighted by atomic mass is 19.1. The lowest BCUT2D eigenvalue weighted by atomic mass is 9.95. The lowest BCUT2D eigenvalue weighted by Crippen LogP contribution is -2.29. The zero-order chi connectivity index (χ0) is 23.6. The number of rotatable bonds is 8. The summed E-state index contributed by atoms with van der Waals surface area (Å²) >= 11 is 0. The molecule has 0 bridgehead atoms. The largest absolute Gasteiger partial charge is 0.465 e. The Morgan fingerprint density at radius 1 is 1.03 bits per heavy atom. The predicted molar refractivity (Wildman–Crippen MR) is 108 cm³/mol. The number of halogens is 2. The molecule has 172 valence electrons. The summed E-state index contributed by atoms with van der Waals surface area (Å²) in [6.45, 7) is 4.29. The molecule has 3 rings (SSSR count). The van der Waals surface area contributed by atoms with Crippen LogP contribution in [0.5, 0.6) is 0 Å². The molecule has 1 saturated carbocycles. The Hall–Kier alpha value is -3.30. The summed E-state index contributed by atoms with van der Waals surface area (Å²) in [6, 6.07) is 0.492. The molecule has 10 heteroatoms. The van der Waals surface area contributed by atoms with Crippen LogP contribution in [-0.4, -0.2) is 42.3 Å². The van der Waals surface area contributed by atoms with E-state index in [2.05, 4.69) is 0 Å². The van der Waals surface area contributed by atoms with Crippen molar-refractivity contribution >= 4 is 28.8 Å². The van der Waals surface area contributed by atoms with Gasteiger partial charge in [0, 0.05) is 12.2 Å². The van der Waals surface area contributed by atoms with Crippen LogP contribution in [0.2, 0.25) is 0 Å². The SMILES string of the molecule is CCOC(=O)c1cn(C2CC2)c2c(F)c(C(C(=O)OCC)C(=O)OCC)c(F)cc2c1=O. The molecule has 0 saturated heterocycles. The maximum Gasteiger partial charge on any atom is 0.343 e. The molecule has 0 aliphatic heterocycles. The number of hydrogen-bond acceptors (Lipinski definition) is 7. The van der Waals surface area contributed by atoms with Crippen molar-refractivity contribution in [3.8, 4) is 0 Å². The zero-order valence-electron chi connectivity index (χ0n) is 17.9. The first-order valence-corrected chi connectivity index (χ1v) is 10.3. The second-order valence-corrected chi connectivity index (χ2v) is 7.15. The van der Waals surface area contributed by atoms with Gasteiger partial charge in [0.15, 0.2) is 11.7 Å².